The summed E-state index contributed by atoms with van der Waals surface area (Å²) in [4.78, 5) is 17.6. The van der Waals surface area contributed by atoms with E-state index in [2.05, 4.69) is 37.3 Å². The minimum Gasteiger partial charge on any atom is -0.303 e. The number of allylic oxidation sites excluding steroid dienone is 1. The Bertz CT molecular complexity index is 516. The lowest BCUT2D eigenvalue weighted by Gasteiger charge is -2.56. The number of carbonyl (C=O) groups excluding carboxylic acids is 1. The summed E-state index contributed by atoms with van der Waals surface area (Å²) in [7, 11) is 2.33. The molecule has 2 saturated carbocycles. The second-order valence-electron chi connectivity index (χ2n) is 10.4. The Kier molecular flexibility index (Phi) is 6.84. The molecule has 1 heterocycles. The van der Waals surface area contributed by atoms with Gasteiger partial charge in [0.2, 0.25) is 0 Å². The lowest BCUT2D eigenvalue weighted by Crippen LogP contribution is -2.55. The minimum atomic E-state index is 0.268. The highest BCUT2D eigenvalue weighted by molar-refractivity contribution is 5.96. The molecule has 0 N–H and O–H groups in total. The van der Waals surface area contributed by atoms with Crippen LogP contribution in [0.2, 0.25) is 0 Å². The van der Waals surface area contributed by atoms with E-state index in [0.717, 1.165) is 36.4 Å². The van der Waals surface area contributed by atoms with Crippen LogP contribution in [0.5, 0.6) is 0 Å². The smallest absolute Gasteiger partial charge is 0.161 e. The topological polar surface area (TPSA) is 23.6 Å². The summed E-state index contributed by atoms with van der Waals surface area (Å²) in [6.45, 7) is 14.2. The monoisotopic (exact) mass is 374 g/mol. The van der Waals surface area contributed by atoms with Crippen LogP contribution in [0.1, 0.15) is 78.6 Å². The molecule has 0 bridgehead atoms. The van der Waals surface area contributed by atoms with E-state index >= 15 is 0 Å². The van der Waals surface area contributed by atoms with Crippen LogP contribution in [0.25, 0.3) is 0 Å². The molecule has 3 nitrogen and oxygen atoms in total. The van der Waals surface area contributed by atoms with Crippen molar-refractivity contribution >= 4 is 5.78 Å². The number of rotatable bonds is 7. The Morgan fingerprint density at radius 1 is 1.15 bits per heavy atom. The molecule has 154 valence electrons. The summed E-state index contributed by atoms with van der Waals surface area (Å²) in [5, 5.41) is 0. The van der Waals surface area contributed by atoms with Gasteiger partial charge in [-0.05, 0) is 108 Å². The molecule has 0 unspecified atom stereocenters. The van der Waals surface area contributed by atoms with Gasteiger partial charge in [0, 0.05) is 18.0 Å². The van der Waals surface area contributed by atoms with E-state index in [1.54, 1.807) is 0 Å². The Morgan fingerprint density at radius 2 is 1.74 bits per heavy atom. The van der Waals surface area contributed by atoms with Gasteiger partial charge in [-0.2, -0.15) is 0 Å². The van der Waals surface area contributed by atoms with Crippen LogP contribution in [0.3, 0.4) is 0 Å². The van der Waals surface area contributed by atoms with Gasteiger partial charge in [0.15, 0.2) is 5.78 Å². The van der Waals surface area contributed by atoms with Gasteiger partial charge in [-0.25, -0.2) is 0 Å². The predicted molar refractivity (Wildman–Crippen MR) is 114 cm³/mol. The van der Waals surface area contributed by atoms with Crippen molar-refractivity contribution in [3.63, 3.8) is 0 Å². The molecule has 3 rings (SSSR count). The molecule has 1 spiro atoms. The molecule has 0 aromatic heterocycles. The predicted octanol–water partition coefficient (Wildman–Crippen LogP) is 4.91. The van der Waals surface area contributed by atoms with E-state index in [1.165, 1.54) is 64.6 Å². The van der Waals surface area contributed by atoms with Crippen LogP contribution in [-0.2, 0) is 4.79 Å². The van der Waals surface area contributed by atoms with Crippen molar-refractivity contribution in [2.24, 2.45) is 17.3 Å². The highest BCUT2D eigenvalue weighted by Crippen LogP contribution is 2.54. The number of ketones is 1. The fourth-order valence-electron chi connectivity index (χ4n) is 5.78. The maximum absolute atomic E-state index is 12.2. The first kappa shape index (κ1) is 21.0. The molecule has 0 aromatic rings. The maximum Gasteiger partial charge on any atom is 0.161 e. The molecule has 1 aliphatic heterocycles. The summed E-state index contributed by atoms with van der Waals surface area (Å²) >= 11 is 0. The fourth-order valence-corrected chi connectivity index (χ4v) is 5.78. The van der Waals surface area contributed by atoms with Gasteiger partial charge >= 0.3 is 0 Å². The number of piperidine rings is 1. The van der Waals surface area contributed by atoms with E-state index in [-0.39, 0.29) is 5.92 Å². The van der Waals surface area contributed by atoms with Crippen molar-refractivity contribution in [1.82, 2.24) is 9.80 Å². The van der Waals surface area contributed by atoms with Crippen LogP contribution < -0.4 is 0 Å². The van der Waals surface area contributed by atoms with Crippen molar-refractivity contribution in [3.05, 3.63) is 12.2 Å². The Balaban J connectivity index is 1.38. The van der Waals surface area contributed by atoms with E-state index in [4.69, 9.17) is 0 Å². The van der Waals surface area contributed by atoms with Gasteiger partial charge in [0.25, 0.3) is 0 Å². The third-order valence-corrected chi connectivity index (χ3v) is 7.87. The van der Waals surface area contributed by atoms with Gasteiger partial charge in [0.1, 0.15) is 0 Å². The molecule has 2 aliphatic carbocycles. The molecular formula is C24H42N2O. The van der Waals surface area contributed by atoms with Crippen molar-refractivity contribution < 1.29 is 4.79 Å². The van der Waals surface area contributed by atoms with Crippen molar-refractivity contribution in [2.75, 3.05) is 26.7 Å². The normalized spacial score (nSPS) is 32.8. The van der Waals surface area contributed by atoms with E-state index in [9.17, 15) is 4.79 Å². The number of hydrogen-bond acceptors (Lipinski definition) is 3. The molecular weight excluding hydrogens is 332 g/mol. The number of Topliss-reactive ketones (excluding diaryl/α,β-unsaturated/α-hetero) is 1. The van der Waals surface area contributed by atoms with Gasteiger partial charge < -0.3 is 9.80 Å². The molecule has 0 atom stereocenters. The Hall–Kier alpha value is -0.670. The molecule has 27 heavy (non-hydrogen) atoms. The lowest BCUT2D eigenvalue weighted by molar-refractivity contribution is -0.122. The Morgan fingerprint density at radius 3 is 2.26 bits per heavy atom. The summed E-state index contributed by atoms with van der Waals surface area (Å²) < 4.78 is 0. The molecule has 0 radical (unpaired) electrons. The zero-order valence-electron chi connectivity index (χ0n) is 18.3. The molecule has 3 aliphatic rings. The molecule has 3 fully saturated rings. The van der Waals surface area contributed by atoms with Crippen LogP contribution in [0.4, 0.5) is 0 Å². The zero-order valence-corrected chi connectivity index (χ0v) is 18.3. The molecule has 1 saturated heterocycles. The third-order valence-electron chi connectivity index (χ3n) is 7.87. The quantitative estimate of drug-likeness (QED) is 0.591. The third kappa shape index (κ3) is 5.03. The first-order valence-electron chi connectivity index (χ1n) is 11.4. The summed E-state index contributed by atoms with van der Waals surface area (Å²) in [5.74, 6) is 1.40. The van der Waals surface area contributed by atoms with Crippen molar-refractivity contribution in [1.29, 1.82) is 0 Å². The van der Waals surface area contributed by atoms with E-state index in [1.807, 2.05) is 6.92 Å². The summed E-state index contributed by atoms with van der Waals surface area (Å²) in [6.07, 6.45) is 11.5. The largest absolute Gasteiger partial charge is 0.303 e. The van der Waals surface area contributed by atoms with Gasteiger partial charge in [-0.1, -0.05) is 20.4 Å². The lowest BCUT2D eigenvalue weighted by atomic mass is 9.56. The number of carbonyl (C=O) groups is 1. The SMILES string of the molecule is C=C(C)C(=O)C1CCC2(CC1)CC(N1CCC(N(C)CCC(C)C)CC1)C2. The average Bonchev–Trinajstić information content (AvgIpc) is 2.63. The molecule has 0 amide bonds. The summed E-state index contributed by atoms with van der Waals surface area (Å²) in [6, 6.07) is 1.61. The van der Waals surface area contributed by atoms with Gasteiger partial charge in [-0.3, -0.25) is 4.79 Å². The molecule has 3 heteroatoms. The maximum atomic E-state index is 12.2. The second-order valence-corrected chi connectivity index (χ2v) is 10.4. The minimum absolute atomic E-state index is 0.268. The molecule has 0 aromatic carbocycles. The number of likely N-dealkylation sites (tertiary alicyclic amines) is 1. The number of hydrogen-bond donors (Lipinski definition) is 0. The van der Waals surface area contributed by atoms with E-state index < -0.39 is 0 Å². The zero-order chi connectivity index (χ0) is 19.6. The first-order valence-corrected chi connectivity index (χ1v) is 11.4. The van der Waals surface area contributed by atoms with Crippen LogP contribution in [0.15, 0.2) is 12.2 Å². The second kappa shape index (κ2) is 8.78. The van der Waals surface area contributed by atoms with Crippen molar-refractivity contribution in [2.45, 2.75) is 90.6 Å². The average molecular weight is 375 g/mol. The Labute approximate surface area is 167 Å². The fraction of sp³-hybridized carbons (Fsp3) is 0.875. The van der Waals surface area contributed by atoms with Gasteiger partial charge in [-0.15, -0.1) is 0 Å². The van der Waals surface area contributed by atoms with Crippen molar-refractivity contribution in [3.8, 4) is 0 Å². The number of nitrogens with zero attached hydrogens (tertiary/aromatic N) is 2. The van der Waals surface area contributed by atoms with Crippen LogP contribution >= 0.6 is 0 Å². The van der Waals surface area contributed by atoms with Crippen LogP contribution in [0, 0.1) is 17.3 Å². The van der Waals surface area contributed by atoms with Crippen LogP contribution in [-0.4, -0.2) is 54.3 Å². The first-order chi connectivity index (χ1) is 12.8. The summed E-state index contributed by atoms with van der Waals surface area (Å²) in [5.41, 5.74) is 1.32. The highest BCUT2D eigenvalue weighted by atomic mass is 16.1. The van der Waals surface area contributed by atoms with E-state index in [0.29, 0.717) is 11.2 Å². The van der Waals surface area contributed by atoms with Gasteiger partial charge in [0.05, 0.1) is 0 Å². The standard InChI is InChI=1S/C24H42N2O/c1-18(2)8-13-25(5)21-9-14-26(15-10-21)22-16-24(17-22)11-6-20(7-12-24)23(27)19(3)4/h18,20-22H,3,6-17H2,1-2,4-5H3. The highest BCUT2D eigenvalue weighted by Gasteiger charge is 2.48.